The molecular weight excluding hydrogens is 682 g/mol. The number of halogens is 3. The average molecular weight is 711 g/mol. The quantitative estimate of drug-likeness (QED) is 0.206. The van der Waals surface area contributed by atoms with E-state index in [4.69, 9.17) is 11.6 Å². The molecule has 2 aliphatic heterocycles. The first kappa shape index (κ1) is 33.5. The number of fused-ring (bicyclic) bond motifs is 1. The average Bonchev–Trinajstić information content (AvgIpc) is 3.86. The Morgan fingerprint density at radius 1 is 0.882 bits per heavy atom. The van der Waals surface area contributed by atoms with Crippen molar-refractivity contribution in [3.8, 4) is 16.8 Å². The highest BCUT2D eigenvalue weighted by molar-refractivity contribution is 6.30. The fourth-order valence-corrected chi connectivity index (χ4v) is 6.76. The van der Waals surface area contributed by atoms with Crippen LogP contribution in [0.5, 0.6) is 0 Å². The molecule has 0 spiro atoms. The lowest BCUT2D eigenvalue weighted by Gasteiger charge is -2.37. The van der Waals surface area contributed by atoms with Gasteiger partial charge in [-0.25, -0.2) is 18.3 Å². The van der Waals surface area contributed by atoms with Gasteiger partial charge in [0.1, 0.15) is 17.5 Å². The van der Waals surface area contributed by atoms with E-state index in [1.807, 2.05) is 6.07 Å². The fourth-order valence-electron chi connectivity index (χ4n) is 6.59. The molecule has 2 aliphatic rings. The number of likely N-dealkylation sites (tertiary alicyclic amines) is 1. The van der Waals surface area contributed by atoms with Gasteiger partial charge >= 0.3 is 5.97 Å². The minimum absolute atomic E-state index is 0.0244. The molecule has 0 radical (unpaired) electrons. The fraction of sp³-hybridized carbons (Fsp3) is 0.189. The van der Waals surface area contributed by atoms with E-state index < -0.39 is 35.5 Å². The van der Waals surface area contributed by atoms with Gasteiger partial charge in [-0.05, 0) is 90.0 Å². The van der Waals surface area contributed by atoms with E-state index in [-0.39, 0.29) is 46.4 Å². The highest BCUT2D eigenvalue weighted by Crippen LogP contribution is 2.38. The molecule has 51 heavy (non-hydrogen) atoms. The van der Waals surface area contributed by atoms with Crippen molar-refractivity contribution >= 4 is 41.0 Å². The molecule has 3 heterocycles. The van der Waals surface area contributed by atoms with E-state index in [9.17, 15) is 28.7 Å². The number of rotatable bonds is 7. The van der Waals surface area contributed by atoms with Crippen molar-refractivity contribution in [3.63, 3.8) is 0 Å². The molecule has 11 nitrogen and oxygen atoms in total. The summed E-state index contributed by atoms with van der Waals surface area (Å²) in [5.41, 5.74) is 2.55. The van der Waals surface area contributed by atoms with Crippen molar-refractivity contribution in [1.29, 1.82) is 0 Å². The Morgan fingerprint density at radius 2 is 1.63 bits per heavy atom. The molecule has 0 bridgehead atoms. The predicted molar refractivity (Wildman–Crippen MR) is 183 cm³/mol. The van der Waals surface area contributed by atoms with Gasteiger partial charge in [-0.15, -0.1) is 5.10 Å². The van der Waals surface area contributed by atoms with Gasteiger partial charge in [0.05, 0.1) is 22.3 Å². The Labute approximate surface area is 295 Å². The first-order chi connectivity index (χ1) is 24.6. The summed E-state index contributed by atoms with van der Waals surface area (Å²) < 4.78 is 30.9. The summed E-state index contributed by atoms with van der Waals surface area (Å²) in [6, 6.07) is 18.3. The van der Waals surface area contributed by atoms with Crippen molar-refractivity contribution in [2.45, 2.75) is 25.3 Å². The molecule has 1 saturated heterocycles. The summed E-state index contributed by atoms with van der Waals surface area (Å²) in [7, 11) is 0. The van der Waals surface area contributed by atoms with Crippen molar-refractivity contribution in [2.75, 3.05) is 25.0 Å². The summed E-state index contributed by atoms with van der Waals surface area (Å²) in [4.78, 5) is 55.8. The molecule has 7 rings (SSSR count). The van der Waals surface area contributed by atoms with E-state index in [2.05, 4.69) is 15.6 Å². The Morgan fingerprint density at radius 3 is 2.37 bits per heavy atom. The predicted octanol–water partition coefficient (Wildman–Crippen LogP) is 6.18. The Bertz CT molecular complexity index is 2200. The van der Waals surface area contributed by atoms with Gasteiger partial charge in [0.25, 0.3) is 17.7 Å². The largest absolute Gasteiger partial charge is 0.478 e. The number of nitrogens with one attached hydrogen (secondary N) is 1. The Hall–Kier alpha value is -5.95. The number of nitrogens with zero attached hydrogens (tertiary/aromatic N) is 5. The van der Waals surface area contributed by atoms with Crippen molar-refractivity contribution in [2.24, 2.45) is 0 Å². The zero-order valence-corrected chi connectivity index (χ0v) is 27.6. The monoisotopic (exact) mass is 710 g/mol. The maximum Gasteiger partial charge on any atom is 0.335 e. The van der Waals surface area contributed by atoms with Crippen LogP contribution in [0, 0.1) is 11.6 Å². The normalized spacial score (nSPS) is 15.4. The molecule has 1 aromatic heterocycles. The third-order valence-corrected chi connectivity index (χ3v) is 9.41. The minimum Gasteiger partial charge on any atom is -0.478 e. The minimum atomic E-state index is -1.21. The third-order valence-electron chi connectivity index (χ3n) is 9.12. The van der Waals surface area contributed by atoms with Gasteiger partial charge in [0, 0.05) is 25.3 Å². The molecular formula is C37H29ClF2N6O5. The van der Waals surface area contributed by atoms with Crippen molar-refractivity contribution in [3.05, 3.63) is 130 Å². The molecule has 3 amide bonds. The van der Waals surface area contributed by atoms with Gasteiger partial charge in [0.15, 0.2) is 11.5 Å². The van der Waals surface area contributed by atoms with E-state index in [1.165, 1.54) is 65.7 Å². The number of anilines is 1. The summed E-state index contributed by atoms with van der Waals surface area (Å²) in [5, 5.41) is 19.9. The summed E-state index contributed by atoms with van der Waals surface area (Å²) in [6.45, 7) is 1.17. The maximum absolute atomic E-state index is 15.0. The van der Waals surface area contributed by atoms with Crippen LogP contribution in [0.25, 0.3) is 16.8 Å². The first-order valence-corrected chi connectivity index (χ1v) is 16.5. The number of amides is 3. The van der Waals surface area contributed by atoms with E-state index in [1.54, 1.807) is 23.1 Å². The number of aromatic nitrogens is 3. The van der Waals surface area contributed by atoms with Gasteiger partial charge in [0.2, 0.25) is 0 Å². The smallest absolute Gasteiger partial charge is 0.335 e. The van der Waals surface area contributed by atoms with Crippen LogP contribution in [-0.2, 0) is 11.2 Å². The first-order valence-electron chi connectivity index (χ1n) is 16.1. The van der Waals surface area contributed by atoms with Crippen LogP contribution in [0.3, 0.4) is 0 Å². The summed E-state index contributed by atoms with van der Waals surface area (Å²) in [5.74, 6) is -4.14. The van der Waals surface area contributed by atoms with Crippen molar-refractivity contribution < 1.29 is 33.1 Å². The zero-order valence-electron chi connectivity index (χ0n) is 26.9. The van der Waals surface area contributed by atoms with Crippen LogP contribution in [0.1, 0.15) is 61.2 Å². The Kier molecular flexibility index (Phi) is 9.04. The Balaban J connectivity index is 1.27. The van der Waals surface area contributed by atoms with E-state index >= 15 is 4.39 Å². The van der Waals surface area contributed by atoms with Crippen LogP contribution >= 0.6 is 11.6 Å². The lowest BCUT2D eigenvalue weighted by molar-refractivity contribution is -0.121. The number of carbonyl (C=O) groups is 4. The van der Waals surface area contributed by atoms with Crippen LogP contribution < -0.4 is 5.32 Å². The summed E-state index contributed by atoms with van der Waals surface area (Å²) >= 11 is 5.94. The SMILES string of the molecule is O=C(O)c1ccc(NC(=O)C2c3cccc(-c4ccc(F)c(C(=O)N5CCCC5)c4)c3CCN2C(=O)c2cn(-c3cccc(Cl)c3F)nn2)cc1. The van der Waals surface area contributed by atoms with Gasteiger partial charge in [-0.3, -0.25) is 14.4 Å². The standard InChI is InChI=1S/C37H29ClF2N6O5/c38-28-7-4-8-31(32(28)40)46-20-30(42-43-46)36(49)45-18-15-25-24(22-11-14-29(39)27(19-22)35(48)44-16-1-2-17-44)5-3-6-26(25)33(45)34(47)41-23-12-9-21(10-13-23)37(50)51/h3-14,19-20,33H,1-2,15-18H2,(H,41,47)(H,50,51). The van der Waals surface area contributed by atoms with Gasteiger partial charge in [-0.2, -0.15) is 0 Å². The second kappa shape index (κ2) is 13.8. The van der Waals surface area contributed by atoms with Crippen LogP contribution in [0.4, 0.5) is 14.5 Å². The van der Waals surface area contributed by atoms with E-state index in [0.717, 1.165) is 23.1 Å². The molecule has 1 atom stereocenters. The number of aromatic carboxylic acids is 1. The van der Waals surface area contributed by atoms with Gasteiger partial charge < -0.3 is 20.2 Å². The number of carbonyl (C=O) groups excluding carboxylic acids is 3. The number of hydrogen-bond acceptors (Lipinski definition) is 6. The number of carboxylic acids is 1. The molecule has 1 fully saturated rings. The second-order valence-electron chi connectivity index (χ2n) is 12.2. The number of hydrogen-bond donors (Lipinski definition) is 2. The molecule has 0 saturated carbocycles. The van der Waals surface area contributed by atoms with Crippen LogP contribution in [-0.4, -0.2) is 73.2 Å². The molecule has 1 unspecified atom stereocenters. The highest BCUT2D eigenvalue weighted by Gasteiger charge is 2.38. The molecule has 2 N–H and O–H groups in total. The second-order valence-corrected chi connectivity index (χ2v) is 12.6. The maximum atomic E-state index is 15.0. The number of carboxylic acid groups (broad SMARTS) is 1. The van der Waals surface area contributed by atoms with Gasteiger partial charge in [-0.1, -0.05) is 47.1 Å². The molecule has 5 aromatic rings. The van der Waals surface area contributed by atoms with Crippen LogP contribution in [0.2, 0.25) is 5.02 Å². The molecule has 14 heteroatoms. The van der Waals surface area contributed by atoms with Crippen LogP contribution in [0.15, 0.2) is 85.1 Å². The molecule has 0 aliphatic carbocycles. The third kappa shape index (κ3) is 6.43. The zero-order chi connectivity index (χ0) is 35.8. The molecule has 258 valence electrons. The molecule has 4 aromatic carbocycles. The lowest BCUT2D eigenvalue weighted by Crippen LogP contribution is -2.45. The van der Waals surface area contributed by atoms with Crippen molar-refractivity contribution in [1.82, 2.24) is 24.8 Å². The number of benzene rings is 4. The lowest BCUT2D eigenvalue weighted by atomic mass is 9.85. The summed E-state index contributed by atoms with van der Waals surface area (Å²) in [6.07, 6.45) is 3.25. The van der Waals surface area contributed by atoms with E-state index in [0.29, 0.717) is 35.5 Å². The topological polar surface area (TPSA) is 138 Å². The highest BCUT2D eigenvalue weighted by atomic mass is 35.5.